The zero-order valence-electron chi connectivity index (χ0n) is 18.4. The molecule has 4 rings (SSSR count). The second kappa shape index (κ2) is 9.83. The lowest BCUT2D eigenvalue weighted by Gasteiger charge is -2.30. The Morgan fingerprint density at radius 2 is 1.77 bits per heavy atom. The summed E-state index contributed by atoms with van der Waals surface area (Å²) in [6.07, 6.45) is 4.45. The maximum atomic E-state index is 5.49. The molecule has 0 atom stereocenters. The van der Waals surface area contributed by atoms with E-state index >= 15 is 0 Å². The van der Waals surface area contributed by atoms with Crippen molar-refractivity contribution in [1.82, 2.24) is 15.3 Å². The van der Waals surface area contributed by atoms with E-state index in [0.717, 1.165) is 65.1 Å². The summed E-state index contributed by atoms with van der Waals surface area (Å²) in [6.45, 7) is 0.811. The maximum Gasteiger partial charge on any atom is 0.225 e. The molecule has 3 aromatic rings. The number of methoxy groups -OCH3 is 1. The zero-order valence-corrected chi connectivity index (χ0v) is 19.9. The minimum Gasteiger partial charge on any atom is -0.496 e. The molecule has 1 aliphatic rings. The molecule has 0 spiro atoms. The van der Waals surface area contributed by atoms with Crippen molar-refractivity contribution in [3.05, 3.63) is 52.5 Å². The number of hydrogen-bond acceptors (Lipinski definition) is 6. The minimum atomic E-state index is 0.398. The van der Waals surface area contributed by atoms with Crippen molar-refractivity contribution in [3.8, 4) is 5.75 Å². The second-order valence-corrected chi connectivity index (χ2v) is 9.23. The Morgan fingerprint density at radius 3 is 2.52 bits per heavy atom. The Kier molecular flexibility index (Phi) is 6.92. The van der Waals surface area contributed by atoms with Gasteiger partial charge in [-0.25, -0.2) is 4.98 Å². The van der Waals surface area contributed by atoms with Crippen molar-refractivity contribution in [2.24, 2.45) is 0 Å². The molecule has 1 heterocycles. The number of nitrogens with one attached hydrogen (secondary N) is 2. The summed E-state index contributed by atoms with van der Waals surface area (Å²) in [5.74, 6) is 2.60. The van der Waals surface area contributed by atoms with Crippen LogP contribution >= 0.6 is 15.9 Å². The predicted molar refractivity (Wildman–Crippen MR) is 131 cm³/mol. The second-order valence-electron chi connectivity index (χ2n) is 8.31. The van der Waals surface area contributed by atoms with Gasteiger partial charge in [0.25, 0.3) is 0 Å². The summed E-state index contributed by atoms with van der Waals surface area (Å²) in [7, 11) is 5.77. The number of ether oxygens (including phenoxy) is 1. The van der Waals surface area contributed by atoms with Crippen LogP contribution in [0.4, 0.5) is 11.8 Å². The highest BCUT2D eigenvalue weighted by molar-refractivity contribution is 9.10. The molecule has 164 valence electrons. The summed E-state index contributed by atoms with van der Waals surface area (Å²) in [6, 6.07) is 15.2. The van der Waals surface area contributed by atoms with Gasteiger partial charge in [0.15, 0.2) is 0 Å². The van der Waals surface area contributed by atoms with E-state index in [0.29, 0.717) is 12.1 Å². The van der Waals surface area contributed by atoms with Crippen LogP contribution in [0.5, 0.6) is 5.75 Å². The molecule has 0 unspecified atom stereocenters. The molecule has 0 amide bonds. The Balaban J connectivity index is 1.35. The van der Waals surface area contributed by atoms with Crippen LogP contribution in [0, 0.1) is 0 Å². The van der Waals surface area contributed by atoms with Crippen LogP contribution in [0.1, 0.15) is 31.2 Å². The lowest BCUT2D eigenvalue weighted by atomic mass is 9.91. The average Bonchev–Trinajstić information content (AvgIpc) is 2.78. The van der Waals surface area contributed by atoms with Gasteiger partial charge in [0, 0.05) is 48.1 Å². The third-order valence-electron chi connectivity index (χ3n) is 5.89. The molecule has 0 bridgehead atoms. The number of anilines is 2. The van der Waals surface area contributed by atoms with E-state index in [2.05, 4.69) is 38.7 Å². The Morgan fingerprint density at radius 1 is 1.03 bits per heavy atom. The van der Waals surface area contributed by atoms with Crippen molar-refractivity contribution in [3.63, 3.8) is 0 Å². The maximum absolute atomic E-state index is 5.49. The Hall–Kier alpha value is -2.38. The van der Waals surface area contributed by atoms with Gasteiger partial charge in [0.05, 0.1) is 12.6 Å². The fourth-order valence-electron chi connectivity index (χ4n) is 4.23. The molecule has 0 saturated heterocycles. The number of para-hydroxylation sites is 1. The van der Waals surface area contributed by atoms with Crippen LogP contribution in [-0.2, 0) is 6.54 Å². The molecule has 7 heteroatoms. The lowest BCUT2D eigenvalue weighted by Crippen LogP contribution is -2.37. The summed E-state index contributed by atoms with van der Waals surface area (Å²) in [5, 5.41) is 8.37. The number of halogens is 1. The van der Waals surface area contributed by atoms with Gasteiger partial charge in [-0.3, -0.25) is 0 Å². The first-order valence-electron chi connectivity index (χ1n) is 10.8. The molecule has 1 saturated carbocycles. The molecule has 2 N–H and O–H groups in total. The van der Waals surface area contributed by atoms with Gasteiger partial charge in [0.1, 0.15) is 11.6 Å². The molecule has 0 radical (unpaired) electrons. The van der Waals surface area contributed by atoms with E-state index < -0.39 is 0 Å². The molecule has 1 aliphatic carbocycles. The Labute approximate surface area is 192 Å². The van der Waals surface area contributed by atoms with Crippen molar-refractivity contribution < 1.29 is 4.74 Å². The molecule has 31 heavy (non-hydrogen) atoms. The number of nitrogens with zero attached hydrogens (tertiary/aromatic N) is 3. The highest BCUT2D eigenvalue weighted by Crippen LogP contribution is 2.27. The van der Waals surface area contributed by atoms with Crippen LogP contribution in [0.15, 0.2) is 46.9 Å². The first-order chi connectivity index (χ1) is 15.0. The van der Waals surface area contributed by atoms with Crippen LogP contribution in [0.3, 0.4) is 0 Å². The zero-order chi connectivity index (χ0) is 21.8. The Bertz CT molecular complexity index is 1030. The first-order valence-corrected chi connectivity index (χ1v) is 11.6. The van der Waals surface area contributed by atoms with Gasteiger partial charge < -0.3 is 20.3 Å². The van der Waals surface area contributed by atoms with Crippen molar-refractivity contribution >= 4 is 38.6 Å². The summed E-state index contributed by atoms with van der Waals surface area (Å²) >= 11 is 3.55. The number of aromatic nitrogens is 2. The standard InChI is InChI=1S/C24H30BrN5O/c1-30(2)23-20-6-4-5-7-21(20)28-24(29-23)27-19-11-9-18(10-12-19)26-15-16-14-17(25)8-13-22(16)31-3/h4-8,13-14,18-19,26H,9-12,15H2,1-3H3,(H,27,28,29). The van der Waals surface area contributed by atoms with E-state index in [4.69, 9.17) is 14.7 Å². The summed E-state index contributed by atoms with van der Waals surface area (Å²) < 4.78 is 6.57. The van der Waals surface area contributed by atoms with E-state index in [9.17, 15) is 0 Å². The molecule has 2 aromatic carbocycles. The van der Waals surface area contributed by atoms with Gasteiger partial charge >= 0.3 is 0 Å². The third-order valence-corrected chi connectivity index (χ3v) is 6.38. The number of benzene rings is 2. The smallest absolute Gasteiger partial charge is 0.225 e. The van der Waals surface area contributed by atoms with E-state index in [-0.39, 0.29) is 0 Å². The van der Waals surface area contributed by atoms with Gasteiger partial charge in [-0.1, -0.05) is 28.1 Å². The molecule has 0 aliphatic heterocycles. The van der Waals surface area contributed by atoms with Crippen molar-refractivity contribution in [2.75, 3.05) is 31.4 Å². The van der Waals surface area contributed by atoms with E-state index in [1.165, 1.54) is 5.56 Å². The average molecular weight is 484 g/mol. The molecular formula is C24H30BrN5O. The normalized spacial score (nSPS) is 18.7. The molecular weight excluding hydrogens is 454 g/mol. The minimum absolute atomic E-state index is 0.398. The van der Waals surface area contributed by atoms with Gasteiger partial charge in [-0.2, -0.15) is 4.98 Å². The molecule has 1 fully saturated rings. The monoisotopic (exact) mass is 483 g/mol. The number of hydrogen-bond donors (Lipinski definition) is 2. The number of rotatable bonds is 7. The highest BCUT2D eigenvalue weighted by Gasteiger charge is 2.22. The predicted octanol–water partition coefficient (Wildman–Crippen LogP) is 4.98. The van der Waals surface area contributed by atoms with E-state index in [1.54, 1.807) is 7.11 Å². The fraction of sp³-hybridized carbons (Fsp3) is 0.417. The van der Waals surface area contributed by atoms with Gasteiger partial charge in [-0.05, 0) is 56.0 Å². The van der Waals surface area contributed by atoms with Crippen LogP contribution in [0.25, 0.3) is 10.9 Å². The topological polar surface area (TPSA) is 62.3 Å². The third kappa shape index (κ3) is 5.28. The quantitative estimate of drug-likeness (QED) is 0.493. The largest absolute Gasteiger partial charge is 0.496 e. The van der Waals surface area contributed by atoms with E-state index in [1.807, 2.05) is 49.3 Å². The van der Waals surface area contributed by atoms with Crippen LogP contribution < -0.4 is 20.3 Å². The molecule has 6 nitrogen and oxygen atoms in total. The van der Waals surface area contributed by atoms with Gasteiger partial charge in [0.2, 0.25) is 5.95 Å². The SMILES string of the molecule is COc1ccc(Br)cc1CNC1CCC(Nc2nc(N(C)C)c3ccccc3n2)CC1. The molecule has 1 aromatic heterocycles. The van der Waals surface area contributed by atoms with Gasteiger partial charge in [-0.15, -0.1) is 0 Å². The fourth-order valence-corrected chi connectivity index (χ4v) is 4.64. The highest BCUT2D eigenvalue weighted by atomic mass is 79.9. The summed E-state index contributed by atoms with van der Waals surface area (Å²) in [5.41, 5.74) is 2.15. The summed E-state index contributed by atoms with van der Waals surface area (Å²) in [4.78, 5) is 11.6. The van der Waals surface area contributed by atoms with Crippen LogP contribution in [-0.4, -0.2) is 43.3 Å². The van der Waals surface area contributed by atoms with Crippen molar-refractivity contribution in [1.29, 1.82) is 0 Å². The lowest BCUT2D eigenvalue weighted by molar-refractivity contribution is 0.348. The van der Waals surface area contributed by atoms with Crippen molar-refractivity contribution in [2.45, 2.75) is 44.3 Å². The number of fused-ring (bicyclic) bond motifs is 1. The first kappa shape index (κ1) is 21.8. The van der Waals surface area contributed by atoms with Crippen LogP contribution in [0.2, 0.25) is 0 Å².